The summed E-state index contributed by atoms with van der Waals surface area (Å²) in [7, 11) is 0. The van der Waals surface area contributed by atoms with Crippen LogP contribution in [0.15, 0.2) is 24.3 Å². The van der Waals surface area contributed by atoms with Crippen molar-refractivity contribution in [2.75, 3.05) is 0 Å². The van der Waals surface area contributed by atoms with Gasteiger partial charge in [0.25, 0.3) is 0 Å². The van der Waals surface area contributed by atoms with Gasteiger partial charge in [-0.1, -0.05) is 18.5 Å². The lowest BCUT2D eigenvalue weighted by Crippen LogP contribution is -1.98. The highest BCUT2D eigenvalue weighted by Gasteiger charge is 2.11. The Labute approximate surface area is 115 Å². The zero-order valence-electron chi connectivity index (χ0n) is 10.7. The monoisotopic (exact) mass is 272 g/mol. The maximum absolute atomic E-state index is 5.99. The number of nitrogens with one attached hydrogen (secondary N) is 1. The van der Waals surface area contributed by atoms with Gasteiger partial charge in [0, 0.05) is 10.6 Å². The number of halogens is 1. The molecule has 0 aliphatic rings. The van der Waals surface area contributed by atoms with Crippen molar-refractivity contribution in [1.29, 1.82) is 0 Å². The zero-order valence-corrected chi connectivity index (χ0v) is 11.5. The van der Waals surface area contributed by atoms with E-state index in [0.29, 0.717) is 5.02 Å². The van der Waals surface area contributed by atoms with Gasteiger partial charge >= 0.3 is 0 Å². The lowest BCUT2D eigenvalue weighted by molar-refractivity contribution is 0.893. The minimum Gasteiger partial charge on any atom is -0.338 e. The Morgan fingerprint density at radius 3 is 2.84 bits per heavy atom. The SMILES string of the molecule is CCc1nnc(C)cc1-c1nc2ccc(Cl)cc2[nH]1. The first-order chi connectivity index (χ1) is 9.17. The molecule has 5 heteroatoms. The molecule has 2 aromatic heterocycles. The molecule has 19 heavy (non-hydrogen) atoms. The summed E-state index contributed by atoms with van der Waals surface area (Å²) < 4.78 is 0. The van der Waals surface area contributed by atoms with Crippen molar-refractivity contribution < 1.29 is 0 Å². The highest BCUT2D eigenvalue weighted by atomic mass is 35.5. The fraction of sp³-hybridized carbons (Fsp3) is 0.214. The minimum absolute atomic E-state index is 0.697. The quantitative estimate of drug-likeness (QED) is 0.776. The molecule has 0 fully saturated rings. The molecule has 0 aliphatic heterocycles. The van der Waals surface area contributed by atoms with E-state index in [1.807, 2.05) is 31.2 Å². The fourth-order valence-corrected chi connectivity index (χ4v) is 2.26. The molecular formula is C14H13ClN4. The molecule has 3 aromatic rings. The fourth-order valence-electron chi connectivity index (χ4n) is 2.09. The topological polar surface area (TPSA) is 54.5 Å². The van der Waals surface area contributed by atoms with E-state index >= 15 is 0 Å². The van der Waals surface area contributed by atoms with Crippen LogP contribution < -0.4 is 0 Å². The van der Waals surface area contributed by atoms with Gasteiger partial charge in [-0.15, -0.1) is 0 Å². The Hall–Kier alpha value is -1.94. The maximum Gasteiger partial charge on any atom is 0.140 e. The molecule has 0 spiro atoms. The molecule has 0 amide bonds. The number of fused-ring (bicyclic) bond motifs is 1. The average Bonchev–Trinajstić information content (AvgIpc) is 2.81. The van der Waals surface area contributed by atoms with Gasteiger partial charge in [-0.3, -0.25) is 0 Å². The number of hydrogen-bond donors (Lipinski definition) is 1. The molecule has 1 N–H and O–H groups in total. The van der Waals surface area contributed by atoms with Gasteiger partial charge in [0.15, 0.2) is 0 Å². The lowest BCUT2D eigenvalue weighted by atomic mass is 10.1. The summed E-state index contributed by atoms with van der Waals surface area (Å²) in [6.07, 6.45) is 0.820. The molecule has 3 rings (SSSR count). The van der Waals surface area contributed by atoms with E-state index in [-0.39, 0.29) is 0 Å². The summed E-state index contributed by atoms with van der Waals surface area (Å²) in [6.45, 7) is 3.98. The predicted octanol–water partition coefficient (Wildman–Crippen LogP) is 3.54. The summed E-state index contributed by atoms with van der Waals surface area (Å²) in [5, 5.41) is 9.01. The predicted molar refractivity (Wildman–Crippen MR) is 76.2 cm³/mol. The van der Waals surface area contributed by atoms with Gasteiger partial charge in [0.1, 0.15) is 5.82 Å². The van der Waals surface area contributed by atoms with E-state index in [9.17, 15) is 0 Å². The first kappa shape index (κ1) is 12.1. The number of H-pyrrole nitrogens is 1. The number of benzene rings is 1. The molecule has 1 aromatic carbocycles. The Kier molecular flexibility index (Phi) is 2.95. The van der Waals surface area contributed by atoms with E-state index in [1.165, 1.54) is 0 Å². The second-order valence-corrected chi connectivity index (χ2v) is 4.88. The van der Waals surface area contributed by atoms with Gasteiger partial charge < -0.3 is 4.98 Å². The highest BCUT2D eigenvalue weighted by Crippen LogP contribution is 2.25. The van der Waals surface area contributed by atoms with Crippen molar-refractivity contribution in [2.45, 2.75) is 20.3 Å². The molecular weight excluding hydrogens is 260 g/mol. The van der Waals surface area contributed by atoms with Gasteiger partial charge in [-0.25, -0.2) is 4.98 Å². The van der Waals surface area contributed by atoms with E-state index in [2.05, 4.69) is 27.1 Å². The standard InChI is InChI=1S/C14H13ClN4/c1-3-11-10(6-8(2)18-19-11)14-16-12-5-4-9(15)7-13(12)17-14/h4-7H,3H2,1-2H3,(H,16,17). The van der Waals surface area contributed by atoms with Crippen molar-refractivity contribution in [3.8, 4) is 11.4 Å². The largest absolute Gasteiger partial charge is 0.338 e. The number of aromatic amines is 1. The molecule has 4 nitrogen and oxygen atoms in total. The van der Waals surface area contributed by atoms with Crippen molar-refractivity contribution in [3.05, 3.63) is 40.7 Å². The summed E-state index contributed by atoms with van der Waals surface area (Å²) in [4.78, 5) is 7.88. The third-order valence-corrected chi connectivity index (χ3v) is 3.26. The molecule has 96 valence electrons. The Morgan fingerprint density at radius 2 is 2.05 bits per heavy atom. The van der Waals surface area contributed by atoms with Gasteiger partial charge in [-0.05, 0) is 37.6 Å². The van der Waals surface area contributed by atoms with Gasteiger partial charge in [0.05, 0.1) is 22.4 Å². The van der Waals surface area contributed by atoms with Crippen molar-refractivity contribution in [1.82, 2.24) is 20.2 Å². The first-order valence-corrected chi connectivity index (χ1v) is 6.54. The number of aryl methyl sites for hydroxylation is 2. The summed E-state index contributed by atoms with van der Waals surface area (Å²) >= 11 is 5.99. The molecule has 2 heterocycles. The molecule has 0 bridgehead atoms. The van der Waals surface area contributed by atoms with Crippen LogP contribution in [-0.4, -0.2) is 20.2 Å². The smallest absolute Gasteiger partial charge is 0.140 e. The number of rotatable bonds is 2. The van der Waals surface area contributed by atoms with Crippen LogP contribution in [0.4, 0.5) is 0 Å². The van der Waals surface area contributed by atoms with Crippen LogP contribution >= 0.6 is 11.6 Å². The summed E-state index contributed by atoms with van der Waals surface area (Å²) in [5.74, 6) is 0.812. The van der Waals surface area contributed by atoms with E-state index in [0.717, 1.165) is 40.2 Å². The number of imidazole rings is 1. The Balaban J connectivity index is 2.21. The summed E-state index contributed by atoms with van der Waals surface area (Å²) in [6, 6.07) is 7.63. The van der Waals surface area contributed by atoms with Crippen LogP contribution in [-0.2, 0) is 6.42 Å². The molecule has 0 atom stereocenters. The van der Waals surface area contributed by atoms with Gasteiger partial charge in [0.2, 0.25) is 0 Å². The maximum atomic E-state index is 5.99. The van der Waals surface area contributed by atoms with Crippen LogP contribution in [0, 0.1) is 6.92 Å². The molecule has 0 aliphatic carbocycles. The van der Waals surface area contributed by atoms with Crippen molar-refractivity contribution in [3.63, 3.8) is 0 Å². The van der Waals surface area contributed by atoms with Crippen LogP contribution in [0.2, 0.25) is 5.02 Å². The third kappa shape index (κ3) is 2.19. The Morgan fingerprint density at radius 1 is 1.21 bits per heavy atom. The van der Waals surface area contributed by atoms with Crippen molar-refractivity contribution in [2.24, 2.45) is 0 Å². The van der Waals surface area contributed by atoms with Crippen molar-refractivity contribution >= 4 is 22.6 Å². The number of hydrogen-bond acceptors (Lipinski definition) is 3. The Bertz CT molecular complexity index is 748. The van der Waals surface area contributed by atoms with E-state index < -0.39 is 0 Å². The second-order valence-electron chi connectivity index (χ2n) is 4.45. The molecule has 0 unspecified atom stereocenters. The minimum atomic E-state index is 0.697. The zero-order chi connectivity index (χ0) is 13.4. The van der Waals surface area contributed by atoms with Gasteiger partial charge in [-0.2, -0.15) is 10.2 Å². The highest BCUT2D eigenvalue weighted by molar-refractivity contribution is 6.31. The third-order valence-electron chi connectivity index (χ3n) is 3.03. The molecule has 0 saturated carbocycles. The van der Waals surface area contributed by atoms with E-state index in [4.69, 9.17) is 11.6 Å². The first-order valence-electron chi connectivity index (χ1n) is 6.16. The van der Waals surface area contributed by atoms with Crippen LogP contribution in [0.1, 0.15) is 18.3 Å². The van der Waals surface area contributed by atoms with Crippen LogP contribution in [0.5, 0.6) is 0 Å². The molecule has 0 radical (unpaired) electrons. The van der Waals surface area contributed by atoms with E-state index in [1.54, 1.807) is 0 Å². The van der Waals surface area contributed by atoms with Crippen LogP contribution in [0.3, 0.4) is 0 Å². The average molecular weight is 273 g/mol. The number of aromatic nitrogens is 4. The molecule has 0 saturated heterocycles. The second kappa shape index (κ2) is 4.63. The van der Waals surface area contributed by atoms with Crippen LogP contribution in [0.25, 0.3) is 22.4 Å². The summed E-state index contributed by atoms with van der Waals surface area (Å²) in [5.41, 5.74) is 4.65. The normalized spacial score (nSPS) is 11.1. The number of nitrogens with zero attached hydrogens (tertiary/aromatic N) is 3. The lowest BCUT2D eigenvalue weighted by Gasteiger charge is -2.03.